The maximum atomic E-state index is 12.5. The predicted molar refractivity (Wildman–Crippen MR) is 104 cm³/mol. The van der Waals surface area contributed by atoms with E-state index in [0.29, 0.717) is 31.9 Å². The number of nitrogens with zero attached hydrogens (tertiary/aromatic N) is 3. The highest BCUT2D eigenvalue weighted by Crippen LogP contribution is 2.29. The van der Waals surface area contributed by atoms with Crippen molar-refractivity contribution in [3.8, 4) is 5.75 Å². The van der Waals surface area contributed by atoms with E-state index in [4.69, 9.17) is 4.74 Å². The Morgan fingerprint density at radius 1 is 1.25 bits per heavy atom. The molecule has 0 bridgehead atoms. The van der Waals surface area contributed by atoms with Crippen LogP contribution in [0.25, 0.3) is 0 Å². The molecule has 0 unspecified atom stereocenters. The van der Waals surface area contributed by atoms with Gasteiger partial charge in [-0.25, -0.2) is 0 Å². The van der Waals surface area contributed by atoms with Gasteiger partial charge in [0, 0.05) is 12.5 Å². The summed E-state index contributed by atoms with van der Waals surface area (Å²) in [5.74, 6) is 1.03. The van der Waals surface area contributed by atoms with Gasteiger partial charge in [-0.1, -0.05) is 24.6 Å². The summed E-state index contributed by atoms with van der Waals surface area (Å²) >= 11 is 0. The van der Waals surface area contributed by atoms with Crippen molar-refractivity contribution in [1.29, 1.82) is 0 Å². The van der Waals surface area contributed by atoms with Gasteiger partial charge in [0.1, 0.15) is 5.75 Å². The Balaban J connectivity index is 1.27. The molecule has 2 heterocycles. The number of ether oxygens (including phenoxy) is 1. The van der Waals surface area contributed by atoms with E-state index in [0.717, 1.165) is 29.8 Å². The van der Waals surface area contributed by atoms with Gasteiger partial charge >= 0.3 is 0 Å². The van der Waals surface area contributed by atoms with Crippen LogP contribution in [0.3, 0.4) is 0 Å². The smallest absolute Gasteiger partial charge is 0.258 e. The molecule has 1 aromatic carbocycles. The van der Waals surface area contributed by atoms with Crippen molar-refractivity contribution >= 4 is 11.8 Å². The summed E-state index contributed by atoms with van der Waals surface area (Å²) in [6, 6.07) is 9.59. The van der Waals surface area contributed by atoms with Gasteiger partial charge in [0.25, 0.3) is 5.91 Å². The lowest BCUT2D eigenvalue weighted by Gasteiger charge is -2.34. The largest absolute Gasteiger partial charge is 0.484 e. The van der Waals surface area contributed by atoms with Crippen molar-refractivity contribution in [2.24, 2.45) is 5.92 Å². The summed E-state index contributed by atoms with van der Waals surface area (Å²) in [7, 11) is 0. The number of amides is 2. The first-order chi connectivity index (χ1) is 13.6. The van der Waals surface area contributed by atoms with Crippen molar-refractivity contribution in [1.82, 2.24) is 20.0 Å². The highest BCUT2D eigenvalue weighted by Gasteiger charge is 2.31. The van der Waals surface area contributed by atoms with Gasteiger partial charge in [0.15, 0.2) is 6.61 Å². The third kappa shape index (κ3) is 4.03. The lowest BCUT2D eigenvalue weighted by Crippen LogP contribution is -2.43. The predicted octanol–water partition coefficient (Wildman–Crippen LogP) is 2.03. The first-order valence-electron chi connectivity index (χ1n) is 9.89. The molecule has 1 fully saturated rings. The second-order valence-corrected chi connectivity index (χ2v) is 7.57. The summed E-state index contributed by atoms with van der Waals surface area (Å²) in [5.41, 5.74) is 2.83. The number of aromatic nitrogens is 2. The number of para-hydroxylation sites is 1. The number of nitrogens with one attached hydrogen (secondary N) is 1. The summed E-state index contributed by atoms with van der Waals surface area (Å²) < 4.78 is 7.51. The second-order valence-electron chi connectivity index (χ2n) is 7.57. The van der Waals surface area contributed by atoms with Crippen LogP contribution in [0.15, 0.2) is 30.3 Å². The normalized spacial score (nSPS) is 16.2. The number of fused-ring (bicyclic) bond motifs is 1. The Morgan fingerprint density at radius 3 is 2.82 bits per heavy atom. The first kappa shape index (κ1) is 18.5. The zero-order valence-electron chi connectivity index (χ0n) is 16.2. The number of benzene rings is 1. The summed E-state index contributed by atoms with van der Waals surface area (Å²) in [5, 5.41) is 7.40. The maximum absolute atomic E-state index is 12.5. The molecule has 7 heteroatoms. The van der Waals surface area contributed by atoms with Crippen molar-refractivity contribution < 1.29 is 14.3 Å². The van der Waals surface area contributed by atoms with Crippen LogP contribution in [-0.4, -0.2) is 39.6 Å². The van der Waals surface area contributed by atoms with Crippen LogP contribution in [0.5, 0.6) is 5.75 Å². The van der Waals surface area contributed by atoms with Gasteiger partial charge < -0.3 is 15.0 Å². The van der Waals surface area contributed by atoms with Gasteiger partial charge in [-0.3, -0.25) is 14.3 Å². The third-order valence-electron chi connectivity index (χ3n) is 5.53. The average Bonchev–Trinajstić information content (AvgIpc) is 3.06. The molecule has 0 radical (unpaired) electrons. The quantitative estimate of drug-likeness (QED) is 0.829. The van der Waals surface area contributed by atoms with Crippen LogP contribution < -0.4 is 10.1 Å². The van der Waals surface area contributed by atoms with E-state index in [2.05, 4.69) is 10.4 Å². The van der Waals surface area contributed by atoms with Crippen molar-refractivity contribution in [3.63, 3.8) is 0 Å². The molecule has 1 saturated carbocycles. The molecule has 1 aliphatic carbocycles. The molecule has 28 heavy (non-hydrogen) atoms. The molecule has 1 aliphatic heterocycles. The number of rotatable bonds is 6. The molecule has 1 N–H and O–H groups in total. The number of aryl methyl sites for hydroxylation is 1. The molecule has 0 atom stereocenters. The Bertz CT molecular complexity index is 872. The van der Waals surface area contributed by atoms with Gasteiger partial charge in [0.05, 0.1) is 31.0 Å². The number of carbonyl (C=O) groups excluding carboxylic acids is 2. The van der Waals surface area contributed by atoms with E-state index in [9.17, 15) is 9.59 Å². The molecule has 2 aromatic rings. The van der Waals surface area contributed by atoms with Crippen molar-refractivity contribution in [2.45, 2.75) is 45.8 Å². The van der Waals surface area contributed by atoms with Crippen LogP contribution in [0.1, 0.15) is 36.2 Å². The Morgan fingerprint density at radius 2 is 2.07 bits per heavy atom. The molecule has 1 aromatic heterocycles. The maximum Gasteiger partial charge on any atom is 0.258 e. The van der Waals surface area contributed by atoms with Gasteiger partial charge in [-0.2, -0.15) is 5.10 Å². The van der Waals surface area contributed by atoms with Crippen LogP contribution in [0, 0.1) is 12.8 Å². The first-order valence-corrected chi connectivity index (χ1v) is 9.89. The van der Waals surface area contributed by atoms with E-state index in [-0.39, 0.29) is 24.3 Å². The number of hydrogen-bond donors (Lipinski definition) is 1. The van der Waals surface area contributed by atoms with Gasteiger partial charge in [0.2, 0.25) is 5.91 Å². The van der Waals surface area contributed by atoms with E-state index in [1.807, 2.05) is 46.8 Å². The lowest BCUT2D eigenvalue weighted by atomic mass is 9.84. The number of hydrogen-bond acceptors (Lipinski definition) is 4. The van der Waals surface area contributed by atoms with E-state index in [1.54, 1.807) is 0 Å². The third-order valence-corrected chi connectivity index (χ3v) is 5.53. The molecule has 2 amide bonds. The molecule has 4 rings (SSSR count). The zero-order chi connectivity index (χ0) is 19.5. The fraction of sp³-hybridized carbons (Fsp3) is 0.476. The minimum absolute atomic E-state index is 0.0257. The summed E-state index contributed by atoms with van der Waals surface area (Å²) in [6.07, 6.45) is 3.21. The minimum Gasteiger partial charge on any atom is -0.484 e. The molecular weight excluding hydrogens is 356 g/mol. The fourth-order valence-electron chi connectivity index (χ4n) is 3.62. The van der Waals surface area contributed by atoms with Crippen LogP contribution >= 0.6 is 0 Å². The standard InChI is InChI=1S/C21H26N4O3/c1-15-5-2-3-8-19(15)28-14-20(26)22-12-17-11-18-13-24(9-10-25(18)23-17)21(27)16-6-4-7-16/h2-3,5,8,11,16H,4,6-7,9-10,12-14H2,1H3,(H,22,26). The molecule has 0 spiro atoms. The van der Waals surface area contributed by atoms with Gasteiger partial charge in [-0.15, -0.1) is 0 Å². The molecular formula is C21H26N4O3. The van der Waals surface area contributed by atoms with E-state index < -0.39 is 0 Å². The number of carbonyl (C=O) groups is 2. The summed E-state index contributed by atoms with van der Waals surface area (Å²) in [4.78, 5) is 26.5. The highest BCUT2D eigenvalue weighted by atomic mass is 16.5. The van der Waals surface area contributed by atoms with E-state index in [1.165, 1.54) is 6.42 Å². The highest BCUT2D eigenvalue weighted by molar-refractivity contribution is 5.79. The molecule has 0 saturated heterocycles. The Hall–Kier alpha value is -2.83. The Labute approximate surface area is 164 Å². The lowest BCUT2D eigenvalue weighted by molar-refractivity contribution is -0.139. The van der Waals surface area contributed by atoms with E-state index >= 15 is 0 Å². The van der Waals surface area contributed by atoms with Gasteiger partial charge in [-0.05, 0) is 37.5 Å². The average molecular weight is 382 g/mol. The molecule has 7 nitrogen and oxygen atoms in total. The van der Waals surface area contributed by atoms with Crippen molar-refractivity contribution in [2.75, 3.05) is 13.2 Å². The summed E-state index contributed by atoms with van der Waals surface area (Å²) in [6.45, 7) is 4.29. The van der Waals surface area contributed by atoms with Crippen LogP contribution in [-0.2, 0) is 29.2 Å². The minimum atomic E-state index is -0.184. The second kappa shape index (κ2) is 8.04. The van der Waals surface area contributed by atoms with Crippen LogP contribution in [0.4, 0.5) is 0 Å². The SMILES string of the molecule is Cc1ccccc1OCC(=O)NCc1cc2n(n1)CCN(C(=O)C1CCC1)C2. The monoisotopic (exact) mass is 382 g/mol. The fourth-order valence-corrected chi connectivity index (χ4v) is 3.62. The topological polar surface area (TPSA) is 76.5 Å². The molecule has 2 aliphatic rings. The van der Waals surface area contributed by atoms with Crippen LogP contribution in [0.2, 0.25) is 0 Å². The zero-order valence-corrected chi connectivity index (χ0v) is 16.2. The van der Waals surface area contributed by atoms with Crippen molar-refractivity contribution in [3.05, 3.63) is 47.3 Å². The Kier molecular flexibility index (Phi) is 5.32. The molecule has 148 valence electrons.